The standard InChI is InChI=1S/C17H25N3/c1-12(2)20-16(11-19-15-5-3-4-6-15)10-13-9-14(18)7-8-17(13)20/h7-10,12,15,19H,3-6,11,18H2,1-2H3. The van der Waals surface area contributed by atoms with Gasteiger partial charge in [0.2, 0.25) is 0 Å². The molecule has 3 N–H and O–H groups in total. The highest BCUT2D eigenvalue weighted by Crippen LogP contribution is 2.26. The van der Waals surface area contributed by atoms with Crippen LogP contribution in [0.2, 0.25) is 0 Å². The molecule has 0 unspecified atom stereocenters. The van der Waals surface area contributed by atoms with Crippen LogP contribution < -0.4 is 11.1 Å². The molecule has 0 atom stereocenters. The van der Waals surface area contributed by atoms with Crippen LogP contribution in [0.1, 0.15) is 51.3 Å². The number of nitrogens with zero attached hydrogens (tertiary/aromatic N) is 1. The topological polar surface area (TPSA) is 43.0 Å². The SMILES string of the molecule is CC(C)n1c(CNC2CCCC2)cc2cc(N)ccc21. The normalized spacial score (nSPS) is 16.6. The molecule has 3 nitrogen and oxygen atoms in total. The molecule has 1 heterocycles. The largest absolute Gasteiger partial charge is 0.399 e. The van der Waals surface area contributed by atoms with E-state index in [9.17, 15) is 0 Å². The fourth-order valence-electron chi connectivity index (χ4n) is 3.44. The molecule has 0 saturated heterocycles. The molecular weight excluding hydrogens is 246 g/mol. The number of fused-ring (bicyclic) bond motifs is 1. The molecule has 20 heavy (non-hydrogen) atoms. The van der Waals surface area contributed by atoms with Crippen molar-refractivity contribution in [1.82, 2.24) is 9.88 Å². The minimum absolute atomic E-state index is 0.469. The predicted octanol–water partition coefficient (Wildman–Crippen LogP) is 3.84. The number of nitrogens with one attached hydrogen (secondary N) is 1. The predicted molar refractivity (Wildman–Crippen MR) is 85.8 cm³/mol. The third-order valence-corrected chi connectivity index (χ3v) is 4.39. The van der Waals surface area contributed by atoms with Gasteiger partial charge >= 0.3 is 0 Å². The quantitative estimate of drug-likeness (QED) is 0.830. The molecule has 1 aliphatic carbocycles. The lowest BCUT2D eigenvalue weighted by Crippen LogP contribution is -2.26. The molecule has 0 radical (unpaired) electrons. The number of hydrogen-bond acceptors (Lipinski definition) is 2. The van der Waals surface area contributed by atoms with Crippen LogP contribution >= 0.6 is 0 Å². The van der Waals surface area contributed by atoms with Crippen LogP contribution in [0.4, 0.5) is 5.69 Å². The van der Waals surface area contributed by atoms with Crippen molar-refractivity contribution in [3.8, 4) is 0 Å². The monoisotopic (exact) mass is 271 g/mol. The molecule has 2 aromatic rings. The molecule has 3 rings (SSSR count). The number of rotatable bonds is 4. The number of anilines is 1. The van der Waals surface area contributed by atoms with Crippen molar-refractivity contribution in [3.05, 3.63) is 30.0 Å². The third-order valence-electron chi connectivity index (χ3n) is 4.39. The number of nitrogens with two attached hydrogens (primary N) is 1. The minimum atomic E-state index is 0.469. The van der Waals surface area contributed by atoms with E-state index < -0.39 is 0 Å². The van der Waals surface area contributed by atoms with E-state index in [0.29, 0.717) is 12.1 Å². The highest BCUT2D eigenvalue weighted by Gasteiger charge is 2.16. The number of hydrogen-bond donors (Lipinski definition) is 2. The van der Waals surface area contributed by atoms with E-state index in [4.69, 9.17) is 5.73 Å². The average Bonchev–Trinajstić information content (AvgIpc) is 3.02. The van der Waals surface area contributed by atoms with E-state index in [1.165, 1.54) is 42.3 Å². The highest BCUT2D eigenvalue weighted by molar-refractivity contribution is 5.84. The Hall–Kier alpha value is -1.48. The van der Waals surface area contributed by atoms with Crippen LogP contribution in [0.15, 0.2) is 24.3 Å². The number of aromatic nitrogens is 1. The van der Waals surface area contributed by atoms with Gasteiger partial charge in [-0.3, -0.25) is 0 Å². The molecule has 0 amide bonds. The van der Waals surface area contributed by atoms with Gasteiger partial charge in [-0.1, -0.05) is 12.8 Å². The molecular formula is C17H25N3. The Morgan fingerprint density at radius 1 is 1.25 bits per heavy atom. The summed E-state index contributed by atoms with van der Waals surface area (Å²) < 4.78 is 2.43. The molecule has 0 bridgehead atoms. The molecule has 1 aromatic carbocycles. The number of benzene rings is 1. The van der Waals surface area contributed by atoms with Gasteiger partial charge in [0.25, 0.3) is 0 Å². The van der Waals surface area contributed by atoms with E-state index in [1.54, 1.807) is 0 Å². The summed E-state index contributed by atoms with van der Waals surface area (Å²) in [4.78, 5) is 0. The van der Waals surface area contributed by atoms with E-state index in [-0.39, 0.29) is 0 Å². The summed E-state index contributed by atoms with van der Waals surface area (Å²) in [6, 6.07) is 9.68. The second-order valence-corrected chi connectivity index (χ2v) is 6.28. The maximum atomic E-state index is 5.91. The first-order valence-electron chi connectivity index (χ1n) is 7.78. The number of nitrogen functional groups attached to an aromatic ring is 1. The Morgan fingerprint density at radius 2 is 2.00 bits per heavy atom. The second-order valence-electron chi connectivity index (χ2n) is 6.28. The summed E-state index contributed by atoms with van der Waals surface area (Å²) in [5.74, 6) is 0. The van der Waals surface area contributed by atoms with Crippen molar-refractivity contribution in [2.75, 3.05) is 5.73 Å². The van der Waals surface area contributed by atoms with Gasteiger partial charge in [0.15, 0.2) is 0 Å². The first-order valence-corrected chi connectivity index (χ1v) is 7.78. The van der Waals surface area contributed by atoms with E-state index in [2.05, 4.69) is 41.9 Å². The Kier molecular flexibility index (Phi) is 3.70. The van der Waals surface area contributed by atoms with Crippen LogP contribution in [0.3, 0.4) is 0 Å². The minimum Gasteiger partial charge on any atom is -0.399 e. The van der Waals surface area contributed by atoms with Gasteiger partial charge < -0.3 is 15.6 Å². The van der Waals surface area contributed by atoms with Crippen LogP contribution in [0.25, 0.3) is 10.9 Å². The van der Waals surface area contributed by atoms with Crippen molar-refractivity contribution in [2.45, 2.75) is 58.2 Å². The molecule has 1 fully saturated rings. The summed E-state index contributed by atoms with van der Waals surface area (Å²) in [5.41, 5.74) is 9.41. The fraction of sp³-hybridized carbons (Fsp3) is 0.529. The van der Waals surface area contributed by atoms with Crippen LogP contribution in [-0.4, -0.2) is 10.6 Å². The first kappa shape index (κ1) is 13.5. The molecule has 0 spiro atoms. The molecule has 0 aliphatic heterocycles. The van der Waals surface area contributed by atoms with E-state index >= 15 is 0 Å². The lowest BCUT2D eigenvalue weighted by atomic mass is 10.2. The molecule has 3 heteroatoms. The maximum absolute atomic E-state index is 5.91. The lowest BCUT2D eigenvalue weighted by molar-refractivity contribution is 0.497. The summed E-state index contributed by atoms with van der Waals surface area (Å²) in [7, 11) is 0. The third kappa shape index (κ3) is 2.55. The Bertz CT molecular complexity index is 592. The van der Waals surface area contributed by atoms with Gasteiger partial charge in [-0.25, -0.2) is 0 Å². The fourth-order valence-corrected chi connectivity index (χ4v) is 3.44. The molecule has 108 valence electrons. The van der Waals surface area contributed by atoms with E-state index in [0.717, 1.165) is 12.2 Å². The second kappa shape index (κ2) is 5.49. The van der Waals surface area contributed by atoms with Crippen molar-refractivity contribution in [2.24, 2.45) is 0 Å². The summed E-state index contributed by atoms with van der Waals surface area (Å²) in [5, 5.41) is 4.97. The summed E-state index contributed by atoms with van der Waals surface area (Å²) >= 11 is 0. The Balaban J connectivity index is 1.89. The summed E-state index contributed by atoms with van der Waals surface area (Å²) in [6.07, 6.45) is 5.41. The van der Waals surface area contributed by atoms with Gasteiger partial charge in [-0.05, 0) is 51.0 Å². The van der Waals surface area contributed by atoms with Gasteiger partial charge in [0, 0.05) is 40.9 Å². The zero-order valence-electron chi connectivity index (χ0n) is 12.5. The summed E-state index contributed by atoms with van der Waals surface area (Å²) in [6.45, 7) is 5.45. The van der Waals surface area contributed by atoms with Gasteiger partial charge in [-0.2, -0.15) is 0 Å². The van der Waals surface area contributed by atoms with E-state index in [1.807, 2.05) is 6.07 Å². The van der Waals surface area contributed by atoms with Gasteiger partial charge in [0.05, 0.1) is 0 Å². The van der Waals surface area contributed by atoms with Crippen LogP contribution in [-0.2, 0) is 6.54 Å². The average molecular weight is 271 g/mol. The molecule has 1 saturated carbocycles. The Labute approximate surface area is 121 Å². The zero-order valence-corrected chi connectivity index (χ0v) is 12.5. The lowest BCUT2D eigenvalue weighted by Gasteiger charge is -2.17. The highest BCUT2D eigenvalue weighted by atomic mass is 15.0. The maximum Gasteiger partial charge on any atom is 0.0486 e. The van der Waals surface area contributed by atoms with Crippen LogP contribution in [0.5, 0.6) is 0 Å². The van der Waals surface area contributed by atoms with Crippen molar-refractivity contribution >= 4 is 16.6 Å². The zero-order chi connectivity index (χ0) is 14.1. The first-order chi connectivity index (χ1) is 9.65. The van der Waals surface area contributed by atoms with Gasteiger partial charge in [-0.15, -0.1) is 0 Å². The van der Waals surface area contributed by atoms with Crippen molar-refractivity contribution in [3.63, 3.8) is 0 Å². The van der Waals surface area contributed by atoms with Crippen LogP contribution in [0, 0.1) is 0 Å². The Morgan fingerprint density at radius 3 is 2.70 bits per heavy atom. The van der Waals surface area contributed by atoms with Crippen molar-refractivity contribution in [1.29, 1.82) is 0 Å². The van der Waals surface area contributed by atoms with Gasteiger partial charge in [0.1, 0.15) is 0 Å². The van der Waals surface area contributed by atoms with Crippen molar-refractivity contribution < 1.29 is 0 Å². The molecule has 1 aromatic heterocycles. The smallest absolute Gasteiger partial charge is 0.0486 e. The molecule has 1 aliphatic rings.